The Morgan fingerprint density at radius 1 is 1.31 bits per heavy atom. The maximum absolute atomic E-state index is 9.91. The van der Waals surface area contributed by atoms with E-state index in [1.54, 1.807) is 0 Å². The number of hydrogen-bond donors (Lipinski definition) is 1. The van der Waals surface area contributed by atoms with Gasteiger partial charge in [0.15, 0.2) is 0 Å². The van der Waals surface area contributed by atoms with E-state index in [0.717, 1.165) is 12.8 Å². The molecule has 86 valence electrons. The van der Waals surface area contributed by atoms with Crippen LogP contribution in [0.3, 0.4) is 0 Å². The normalized spacial score (nSPS) is 19.9. The molecule has 1 aromatic carbocycles. The van der Waals surface area contributed by atoms with Crippen molar-refractivity contribution in [2.24, 2.45) is 5.41 Å². The molecule has 0 bridgehead atoms. The molecule has 0 aromatic heterocycles. The Bertz CT molecular complexity index is 349. The highest BCUT2D eigenvalue weighted by Crippen LogP contribution is 2.49. The molecular weight excluding hydrogens is 196 g/mol. The van der Waals surface area contributed by atoms with Gasteiger partial charge < -0.3 is 5.11 Å². The predicted octanol–water partition coefficient (Wildman–Crippen LogP) is 3.64. The van der Waals surface area contributed by atoms with Gasteiger partial charge in [-0.3, -0.25) is 0 Å². The summed E-state index contributed by atoms with van der Waals surface area (Å²) in [7, 11) is 0. The van der Waals surface area contributed by atoms with Crippen molar-refractivity contribution in [3.63, 3.8) is 0 Å². The van der Waals surface area contributed by atoms with Gasteiger partial charge >= 0.3 is 0 Å². The lowest BCUT2D eigenvalue weighted by molar-refractivity contribution is 0.0953. The average Bonchev–Trinajstić information content (AvgIpc) is 3.05. The summed E-state index contributed by atoms with van der Waals surface area (Å²) in [4.78, 5) is 0. The molecule has 1 aromatic rings. The van der Waals surface area contributed by atoms with E-state index in [1.165, 1.54) is 18.4 Å². The van der Waals surface area contributed by atoms with Crippen LogP contribution in [0.5, 0.6) is 0 Å². The molecule has 1 aliphatic rings. The third-order valence-corrected chi connectivity index (χ3v) is 3.56. The summed E-state index contributed by atoms with van der Waals surface area (Å²) in [5.74, 6) is 0. The fourth-order valence-corrected chi connectivity index (χ4v) is 1.92. The molecular formula is C15H20O. The Balaban J connectivity index is 1.74. The second-order valence-electron chi connectivity index (χ2n) is 5.06. The first kappa shape index (κ1) is 11.4. The first-order valence-corrected chi connectivity index (χ1v) is 6.10. The maximum atomic E-state index is 9.91. The Morgan fingerprint density at radius 3 is 2.62 bits per heavy atom. The van der Waals surface area contributed by atoms with Crippen LogP contribution in [-0.2, 0) is 0 Å². The zero-order valence-corrected chi connectivity index (χ0v) is 9.89. The maximum Gasteiger partial charge on any atom is 0.0596 e. The van der Waals surface area contributed by atoms with E-state index in [-0.39, 0.29) is 11.5 Å². The van der Waals surface area contributed by atoms with Gasteiger partial charge in [0, 0.05) is 0 Å². The summed E-state index contributed by atoms with van der Waals surface area (Å²) in [6.45, 7) is 2.18. The molecule has 1 fully saturated rings. The summed E-state index contributed by atoms with van der Waals surface area (Å²) < 4.78 is 0. The van der Waals surface area contributed by atoms with Gasteiger partial charge in [0.1, 0.15) is 0 Å². The topological polar surface area (TPSA) is 20.2 Å². The van der Waals surface area contributed by atoms with Gasteiger partial charge in [0.05, 0.1) is 6.10 Å². The van der Waals surface area contributed by atoms with Crippen LogP contribution >= 0.6 is 0 Å². The molecule has 1 saturated carbocycles. The van der Waals surface area contributed by atoms with Crippen molar-refractivity contribution in [2.45, 2.75) is 38.7 Å². The number of aliphatic hydroxyl groups excluding tert-OH is 1. The molecule has 0 spiro atoms. The number of allylic oxidation sites excluding steroid dienone is 1. The van der Waals surface area contributed by atoms with Gasteiger partial charge in [0.25, 0.3) is 0 Å². The van der Waals surface area contributed by atoms with Crippen molar-refractivity contribution < 1.29 is 5.11 Å². The highest BCUT2D eigenvalue weighted by Gasteiger charge is 2.43. The average molecular weight is 216 g/mol. The van der Waals surface area contributed by atoms with E-state index in [4.69, 9.17) is 0 Å². The summed E-state index contributed by atoms with van der Waals surface area (Å²) in [5, 5.41) is 9.91. The summed E-state index contributed by atoms with van der Waals surface area (Å²) in [6, 6.07) is 10.3. The minimum atomic E-state index is -0.118. The number of hydrogen-bond acceptors (Lipinski definition) is 1. The molecule has 1 nitrogen and oxygen atoms in total. The zero-order valence-electron chi connectivity index (χ0n) is 9.89. The van der Waals surface area contributed by atoms with E-state index in [1.807, 2.05) is 18.2 Å². The van der Waals surface area contributed by atoms with Crippen molar-refractivity contribution in [1.29, 1.82) is 0 Å². The fourth-order valence-electron chi connectivity index (χ4n) is 1.92. The Hall–Kier alpha value is -1.08. The zero-order chi connectivity index (χ0) is 11.4. The number of rotatable bonds is 5. The van der Waals surface area contributed by atoms with Crippen LogP contribution in [0.25, 0.3) is 6.08 Å². The lowest BCUT2D eigenvalue weighted by atomic mass is 9.97. The third kappa shape index (κ3) is 2.96. The summed E-state index contributed by atoms with van der Waals surface area (Å²) in [5.41, 5.74) is 1.47. The van der Waals surface area contributed by atoms with Crippen molar-refractivity contribution in [3.05, 3.63) is 42.0 Å². The van der Waals surface area contributed by atoms with E-state index >= 15 is 0 Å². The Kier molecular flexibility index (Phi) is 3.45. The monoisotopic (exact) mass is 216 g/mol. The van der Waals surface area contributed by atoms with E-state index < -0.39 is 0 Å². The first-order chi connectivity index (χ1) is 7.71. The van der Waals surface area contributed by atoms with Gasteiger partial charge in [-0.25, -0.2) is 0 Å². The van der Waals surface area contributed by atoms with Gasteiger partial charge in [-0.1, -0.05) is 49.4 Å². The van der Waals surface area contributed by atoms with Gasteiger partial charge in [-0.2, -0.15) is 0 Å². The lowest BCUT2D eigenvalue weighted by Crippen LogP contribution is -2.17. The largest absolute Gasteiger partial charge is 0.393 e. The summed E-state index contributed by atoms with van der Waals surface area (Å²) >= 11 is 0. The lowest BCUT2D eigenvalue weighted by Gasteiger charge is -2.15. The molecule has 0 radical (unpaired) electrons. The molecule has 0 aliphatic heterocycles. The molecule has 0 saturated heterocycles. The minimum absolute atomic E-state index is 0.118. The van der Waals surface area contributed by atoms with Crippen molar-refractivity contribution in [3.8, 4) is 0 Å². The Labute approximate surface area is 97.8 Å². The quantitative estimate of drug-likeness (QED) is 0.796. The smallest absolute Gasteiger partial charge is 0.0596 e. The molecule has 1 atom stereocenters. The fraction of sp³-hybridized carbons (Fsp3) is 0.467. The molecule has 0 amide bonds. The number of aliphatic hydroxyl groups is 1. The van der Waals surface area contributed by atoms with Crippen molar-refractivity contribution in [2.75, 3.05) is 0 Å². The first-order valence-electron chi connectivity index (χ1n) is 6.10. The van der Waals surface area contributed by atoms with Crippen LogP contribution < -0.4 is 0 Å². The standard InChI is InChI=1S/C15H20O/c1-15(11-12-15)14(16)10-6-5-9-13-7-3-2-4-8-13/h2-5,7-9,14,16H,6,10-12H2,1H3. The highest BCUT2D eigenvalue weighted by molar-refractivity contribution is 5.48. The molecule has 1 aliphatic carbocycles. The number of benzene rings is 1. The van der Waals surface area contributed by atoms with Gasteiger partial charge in [-0.15, -0.1) is 0 Å². The molecule has 1 unspecified atom stereocenters. The van der Waals surface area contributed by atoms with Crippen molar-refractivity contribution >= 4 is 6.08 Å². The molecule has 1 heteroatoms. The van der Waals surface area contributed by atoms with Crippen LogP contribution in [-0.4, -0.2) is 11.2 Å². The highest BCUT2D eigenvalue weighted by atomic mass is 16.3. The van der Waals surface area contributed by atoms with Crippen LogP contribution in [0.4, 0.5) is 0 Å². The van der Waals surface area contributed by atoms with Crippen molar-refractivity contribution in [1.82, 2.24) is 0 Å². The SMILES string of the molecule is CC1(C(O)CCC=Cc2ccccc2)CC1. The molecule has 16 heavy (non-hydrogen) atoms. The predicted molar refractivity (Wildman–Crippen MR) is 68.1 cm³/mol. The second kappa shape index (κ2) is 4.84. The van der Waals surface area contributed by atoms with Crippen LogP contribution in [0.1, 0.15) is 38.2 Å². The van der Waals surface area contributed by atoms with Crippen LogP contribution in [0, 0.1) is 5.41 Å². The summed E-state index contributed by atoms with van der Waals surface area (Å²) in [6.07, 6.45) is 8.40. The molecule has 1 N–H and O–H groups in total. The van der Waals surface area contributed by atoms with E-state index in [9.17, 15) is 5.11 Å². The van der Waals surface area contributed by atoms with Gasteiger partial charge in [-0.05, 0) is 36.7 Å². The molecule has 0 heterocycles. The molecule has 2 rings (SSSR count). The van der Waals surface area contributed by atoms with E-state index in [2.05, 4.69) is 31.2 Å². The second-order valence-corrected chi connectivity index (χ2v) is 5.06. The minimum Gasteiger partial charge on any atom is -0.393 e. The van der Waals surface area contributed by atoms with Gasteiger partial charge in [0.2, 0.25) is 0 Å². The Morgan fingerprint density at radius 2 is 2.00 bits per heavy atom. The van der Waals surface area contributed by atoms with Crippen LogP contribution in [0.15, 0.2) is 36.4 Å². The van der Waals surface area contributed by atoms with Crippen LogP contribution in [0.2, 0.25) is 0 Å². The van der Waals surface area contributed by atoms with E-state index in [0.29, 0.717) is 0 Å². The third-order valence-electron chi connectivity index (χ3n) is 3.56.